The van der Waals surface area contributed by atoms with Crippen LogP contribution in [0.25, 0.3) is 0 Å². The maximum Gasteiger partial charge on any atom is 0.156 e. The summed E-state index contributed by atoms with van der Waals surface area (Å²) in [4.78, 5) is 4.41. The first kappa shape index (κ1) is 15.2. The van der Waals surface area contributed by atoms with Crippen LogP contribution in [0.3, 0.4) is 0 Å². The van der Waals surface area contributed by atoms with E-state index in [1.54, 1.807) is 18.3 Å². The van der Waals surface area contributed by atoms with E-state index < -0.39 is 0 Å². The Morgan fingerprint density at radius 2 is 1.70 bits per heavy atom. The molecule has 0 aliphatic carbocycles. The number of halogens is 3. The van der Waals surface area contributed by atoms with Crippen molar-refractivity contribution in [1.82, 2.24) is 0 Å². The molecule has 2 rings (SSSR count). The van der Waals surface area contributed by atoms with Gasteiger partial charge in [0.2, 0.25) is 0 Å². The lowest BCUT2D eigenvalue weighted by Gasteiger charge is -2.06. The van der Waals surface area contributed by atoms with Gasteiger partial charge in [0.1, 0.15) is 0 Å². The molecule has 5 heteroatoms. The van der Waals surface area contributed by atoms with Crippen LogP contribution in [-0.2, 0) is 0 Å². The van der Waals surface area contributed by atoms with Gasteiger partial charge in [0, 0.05) is 11.2 Å². The van der Waals surface area contributed by atoms with Crippen molar-refractivity contribution in [3.63, 3.8) is 0 Å². The van der Waals surface area contributed by atoms with Crippen molar-refractivity contribution in [3.05, 3.63) is 56.5 Å². The third kappa shape index (κ3) is 3.26. The van der Waals surface area contributed by atoms with Crippen molar-refractivity contribution in [2.75, 3.05) is 7.11 Å². The Kier molecular flexibility index (Phi) is 4.92. The van der Waals surface area contributed by atoms with Gasteiger partial charge in [-0.1, -0.05) is 40.9 Å². The number of rotatable bonds is 3. The van der Waals surface area contributed by atoms with Crippen molar-refractivity contribution in [2.45, 2.75) is 6.92 Å². The first-order valence-electron chi connectivity index (χ1n) is 5.85. The highest BCUT2D eigenvalue weighted by molar-refractivity contribution is 6.37. The molecule has 0 saturated heterocycles. The number of ether oxygens (including phenoxy) is 1. The Morgan fingerprint density at radius 1 is 1.05 bits per heavy atom. The Labute approximate surface area is 133 Å². The summed E-state index contributed by atoms with van der Waals surface area (Å²) in [6.07, 6.45) is 1.69. The van der Waals surface area contributed by atoms with Gasteiger partial charge >= 0.3 is 0 Å². The van der Waals surface area contributed by atoms with Crippen molar-refractivity contribution < 1.29 is 4.74 Å². The normalized spacial score (nSPS) is 11.1. The zero-order valence-corrected chi connectivity index (χ0v) is 13.2. The molecule has 2 aromatic carbocycles. The molecule has 0 saturated carbocycles. The molecule has 2 nitrogen and oxygen atoms in total. The van der Waals surface area contributed by atoms with Gasteiger partial charge in [0.15, 0.2) is 5.75 Å². The monoisotopic (exact) mass is 327 g/mol. The fraction of sp³-hybridized carbons (Fsp3) is 0.133. The van der Waals surface area contributed by atoms with Crippen molar-refractivity contribution >= 4 is 46.7 Å². The summed E-state index contributed by atoms with van der Waals surface area (Å²) in [6, 6.07) is 9.07. The topological polar surface area (TPSA) is 21.6 Å². The van der Waals surface area contributed by atoms with Crippen molar-refractivity contribution in [3.8, 4) is 5.75 Å². The van der Waals surface area contributed by atoms with Gasteiger partial charge in [0.25, 0.3) is 0 Å². The molecule has 0 atom stereocenters. The van der Waals surface area contributed by atoms with E-state index in [2.05, 4.69) is 4.99 Å². The van der Waals surface area contributed by atoms with E-state index >= 15 is 0 Å². The molecule has 0 aliphatic heterocycles. The molecule has 0 heterocycles. The van der Waals surface area contributed by atoms with Gasteiger partial charge in [-0.25, -0.2) is 0 Å². The first-order chi connectivity index (χ1) is 9.52. The lowest BCUT2D eigenvalue weighted by atomic mass is 10.2. The van der Waals surface area contributed by atoms with Crippen LogP contribution >= 0.6 is 34.8 Å². The van der Waals surface area contributed by atoms with E-state index in [4.69, 9.17) is 39.5 Å². The van der Waals surface area contributed by atoms with Crippen molar-refractivity contribution in [1.29, 1.82) is 0 Å². The minimum Gasteiger partial charge on any atom is -0.494 e. The van der Waals surface area contributed by atoms with Gasteiger partial charge in [0.05, 0.1) is 22.8 Å². The fourth-order valence-electron chi connectivity index (χ4n) is 1.73. The van der Waals surface area contributed by atoms with Crippen LogP contribution in [0.2, 0.25) is 15.1 Å². The van der Waals surface area contributed by atoms with Gasteiger partial charge < -0.3 is 4.74 Å². The first-order valence-corrected chi connectivity index (χ1v) is 6.98. The van der Waals surface area contributed by atoms with Crippen LogP contribution in [0.4, 0.5) is 5.69 Å². The third-order valence-corrected chi connectivity index (χ3v) is 3.79. The maximum atomic E-state index is 6.08. The standard InChI is InChI=1S/C15H12Cl3NO/c1-9-11(16)4-3-5-14(9)19-8-10-6-12(17)15(20-2)13(18)7-10/h3-8H,1-2H3. The highest BCUT2D eigenvalue weighted by Gasteiger charge is 2.07. The molecule has 2 aromatic rings. The summed E-state index contributed by atoms with van der Waals surface area (Å²) < 4.78 is 5.10. The minimum atomic E-state index is 0.448. The smallest absolute Gasteiger partial charge is 0.156 e. The number of benzene rings is 2. The lowest BCUT2D eigenvalue weighted by molar-refractivity contribution is 0.415. The molecule has 0 spiro atoms. The van der Waals surface area contributed by atoms with Crippen LogP contribution in [0, 0.1) is 6.92 Å². The minimum absolute atomic E-state index is 0.448. The van der Waals surface area contributed by atoms with Crippen LogP contribution in [0.1, 0.15) is 11.1 Å². The predicted octanol–water partition coefficient (Wildman–Crippen LogP) is 5.71. The molecule has 0 fully saturated rings. The highest BCUT2D eigenvalue weighted by atomic mass is 35.5. The molecule has 0 amide bonds. The van der Waals surface area contributed by atoms with Gasteiger partial charge in [-0.3, -0.25) is 4.99 Å². The summed E-state index contributed by atoms with van der Waals surface area (Å²) in [6.45, 7) is 1.92. The van der Waals surface area contributed by atoms with Crippen LogP contribution in [-0.4, -0.2) is 13.3 Å². The highest BCUT2D eigenvalue weighted by Crippen LogP contribution is 2.33. The number of hydrogen-bond donors (Lipinski definition) is 0. The SMILES string of the molecule is COc1c(Cl)cc(C=Nc2cccc(Cl)c2C)cc1Cl. The molecule has 0 N–H and O–H groups in total. The average molecular weight is 329 g/mol. The van der Waals surface area contributed by atoms with E-state index in [1.165, 1.54) is 7.11 Å². The predicted molar refractivity (Wildman–Crippen MR) is 86.5 cm³/mol. The van der Waals surface area contributed by atoms with Crippen LogP contribution < -0.4 is 4.74 Å². The average Bonchev–Trinajstić information content (AvgIpc) is 2.40. The number of nitrogens with zero attached hydrogens (tertiary/aromatic N) is 1. The maximum absolute atomic E-state index is 6.08. The summed E-state index contributed by atoms with van der Waals surface area (Å²) in [5.74, 6) is 0.462. The molecule has 0 bridgehead atoms. The second kappa shape index (κ2) is 6.49. The summed E-state index contributed by atoms with van der Waals surface area (Å²) >= 11 is 18.2. The summed E-state index contributed by atoms with van der Waals surface area (Å²) in [5, 5.41) is 1.58. The number of methoxy groups -OCH3 is 1. The molecule has 0 aromatic heterocycles. The third-order valence-electron chi connectivity index (χ3n) is 2.82. The summed E-state index contributed by atoms with van der Waals surface area (Å²) in [7, 11) is 1.52. The number of aliphatic imine (C=N–C) groups is 1. The Morgan fingerprint density at radius 3 is 2.30 bits per heavy atom. The molecule has 20 heavy (non-hydrogen) atoms. The molecule has 0 radical (unpaired) electrons. The fourth-order valence-corrected chi connectivity index (χ4v) is 2.56. The Hall–Kier alpha value is -1.22. The zero-order valence-electron chi connectivity index (χ0n) is 11.0. The summed E-state index contributed by atoms with van der Waals surface area (Å²) in [5.41, 5.74) is 2.52. The van der Waals surface area contributed by atoms with Gasteiger partial charge in [-0.2, -0.15) is 0 Å². The van der Waals surface area contributed by atoms with E-state index in [1.807, 2.05) is 25.1 Å². The zero-order chi connectivity index (χ0) is 14.7. The van der Waals surface area contributed by atoms with E-state index in [-0.39, 0.29) is 0 Å². The second-order valence-corrected chi connectivity index (χ2v) is 5.38. The Bertz CT molecular complexity index is 645. The van der Waals surface area contributed by atoms with E-state index in [9.17, 15) is 0 Å². The van der Waals surface area contributed by atoms with Gasteiger partial charge in [-0.05, 0) is 42.3 Å². The number of hydrogen-bond acceptors (Lipinski definition) is 2. The van der Waals surface area contributed by atoms with Crippen LogP contribution in [0.15, 0.2) is 35.3 Å². The second-order valence-electron chi connectivity index (χ2n) is 4.16. The van der Waals surface area contributed by atoms with Crippen LogP contribution in [0.5, 0.6) is 5.75 Å². The molecular weight excluding hydrogens is 317 g/mol. The van der Waals surface area contributed by atoms with Gasteiger partial charge in [-0.15, -0.1) is 0 Å². The van der Waals surface area contributed by atoms with E-state index in [0.717, 1.165) is 16.8 Å². The van der Waals surface area contributed by atoms with Crippen molar-refractivity contribution in [2.24, 2.45) is 4.99 Å². The van der Waals surface area contributed by atoms with E-state index in [0.29, 0.717) is 20.8 Å². The quantitative estimate of drug-likeness (QED) is 0.661. The molecular formula is C15H12Cl3NO. The molecule has 0 unspecified atom stereocenters. The lowest BCUT2D eigenvalue weighted by Crippen LogP contribution is -1.89. The Balaban J connectivity index is 2.35. The molecule has 104 valence electrons. The molecule has 0 aliphatic rings. The largest absolute Gasteiger partial charge is 0.494 e.